The number of hydrogen-bond donors (Lipinski definition) is 2. The molecule has 1 aromatic heterocycles. The molecule has 0 aliphatic carbocycles. The zero-order chi connectivity index (χ0) is 6.85. The first-order valence-electron chi connectivity index (χ1n) is 2.16. The number of hydrogen-bond acceptors (Lipinski definition) is 3. The highest BCUT2D eigenvalue weighted by Crippen LogP contribution is 2.08. The fourth-order valence-electron chi connectivity index (χ4n) is 0.379. The minimum absolute atomic E-state index is 0.191. The molecule has 1 heterocycles. The number of rotatable bonds is 1. The predicted molar refractivity (Wildman–Crippen MR) is 33.1 cm³/mol. The third-order valence-electron chi connectivity index (χ3n) is 0.708. The molecule has 3 N–H and O–H groups in total. The molecule has 48 valence electrons. The van der Waals surface area contributed by atoms with Crippen LogP contribution in [0.4, 0.5) is 4.39 Å². The molecule has 5 heteroatoms. The highest BCUT2D eigenvalue weighted by molar-refractivity contribution is 7.12. The molecule has 0 aliphatic heterocycles. The molecule has 0 fully saturated rings. The molecular weight excluding hydrogens is 141 g/mol. The lowest BCUT2D eigenvalue weighted by atomic mass is 10.6. The summed E-state index contributed by atoms with van der Waals surface area (Å²) in [5.41, 5.74) is 4.99. The summed E-state index contributed by atoms with van der Waals surface area (Å²) < 4.78 is 12.1. The summed E-state index contributed by atoms with van der Waals surface area (Å²) in [6, 6.07) is 0. The topological polar surface area (TPSA) is 62.8 Å². The number of nitrogens with two attached hydrogens (primary N) is 1. The second-order valence-corrected chi connectivity index (χ2v) is 2.36. The number of thiazole rings is 1. The molecule has 0 atom stereocenters. The number of nitrogens with one attached hydrogen (secondary N) is 1. The SMILES string of the molecule is N=C(N)c1ncc(F)s1. The van der Waals surface area contributed by atoms with Gasteiger partial charge in [-0.15, -0.1) is 0 Å². The average molecular weight is 145 g/mol. The third-order valence-corrected chi connectivity index (χ3v) is 1.53. The van der Waals surface area contributed by atoms with E-state index in [9.17, 15) is 4.39 Å². The first kappa shape index (κ1) is 6.15. The maximum absolute atomic E-state index is 12.1. The van der Waals surface area contributed by atoms with Gasteiger partial charge < -0.3 is 5.73 Å². The van der Waals surface area contributed by atoms with E-state index in [2.05, 4.69) is 4.98 Å². The molecule has 0 aliphatic rings. The van der Waals surface area contributed by atoms with Crippen molar-refractivity contribution in [3.8, 4) is 0 Å². The Morgan fingerprint density at radius 1 is 1.89 bits per heavy atom. The Hall–Kier alpha value is -0.970. The van der Waals surface area contributed by atoms with Crippen molar-refractivity contribution in [2.45, 2.75) is 0 Å². The van der Waals surface area contributed by atoms with Crippen LogP contribution in [0.25, 0.3) is 0 Å². The van der Waals surface area contributed by atoms with Gasteiger partial charge in [-0.25, -0.2) is 4.98 Å². The van der Waals surface area contributed by atoms with E-state index < -0.39 is 5.13 Å². The number of amidine groups is 1. The zero-order valence-corrected chi connectivity index (χ0v) is 5.20. The Morgan fingerprint density at radius 2 is 2.56 bits per heavy atom. The smallest absolute Gasteiger partial charge is 0.196 e. The van der Waals surface area contributed by atoms with E-state index in [1.165, 1.54) is 0 Å². The minimum Gasteiger partial charge on any atom is -0.382 e. The van der Waals surface area contributed by atoms with Crippen LogP contribution in [0.3, 0.4) is 0 Å². The minimum atomic E-state index is -0.416. The molecule has 0 amide bonds. The summed E-state index contributed by atoms with van der Waals surface area (Å²) in [6.45, 7) is 0. The maximum atomic E-state index is 12.1. The molecule has 9 heavy (non-hydrogen) atoms. The largest absolute Gasteiger partial charge is 0.382 e. The summed E-state index contributed by atoms with van der Waals surface area (Å²) in [6.07, 6.45) is 1.04. The molecule has 0 saturated heterocycles. The van der Waals surface area contributed by atoms with Crippen molar-refractivity contribution in [1.29, 1.82) is 5.41 Å². The molecule has 1 aromatic rings. The van der Waals surface area contributed by atoms with E-state index in [1.807, 2.05) is 0 Å². The Labute approximate surface area is 54.8 Å². The van der Waals surface area contributed by atoms with Crippen LogP contribution in [0.1, 0.15) is 5.01 Å². The van der Waals surface area contributed by atoms with Crippen molar-refractivity contribution in [3.05, 3.63) is 16.3 Å². The van der Waals surface area contributed by atoms with Crippen LogP contribution >= 0.6 is 11.3 Å². The van der Waals surface area contributed by atoms with Crippen molar-refractivity contribution in [3.63, 3.8) is 0 Å². The average Bonchev–Trinajstić information content (AvgIpc) is 2.14. The molecule has 0 unspecified atom stereocenters. The maximum Gasteiger partial charge on any atom is 0.196 e. The standard InChI is InChI=1S/C4H4FN3S/c5-2-1-8-4(9-2)3(6)7/h1H,(H3,6,7). The molecule has 0 aromatic carbocycles. The molecule has 0 spiro atoms. The number of halogens is 1. The van der Waals surface area contributed by atoms with Crippen LogP contribution in [-0.4, -0.2) is 10.8 Å². The zero-order valence-electron chi connectivity index (χ0n) is 4.39. The van der Waals surface area contributed by atoms with E-state index >= 15 is 0 Å². The van der Waals surface area contributed by atoms with Gasteiger partial charge in [0, 0.05) is 0 Å². The van der Waals surface area contributed by atoms with Crippen molar-refractivity contribution >= 4 is 17.2 Å². The van der Waals surface area contributed by atoms with E-state index in [0.717, 1.165) is 17.5 Å². The van der Waals surface area contributed by atoms with Gasteiger partial charge in [0.15, 0.2) is 16.0 Å². The molecule has 0 saturated carbocycles. The van der Waals surface area contributed by atoms with E-state index in [4.69, 9.17) is 11.1 Å². The van der Waals surface area contributed by atoms with Crippen molar-refractivity contribution in [1.82, 2.24) is 4.98 Å². The summed E-state index contributed by atoms with van der Waals surface area (Å²) in [5.74, 6) is -0.191. The van der Waals surface area contributed by atoms with Crippen LogP contribution in [0.5, 0.6) is 0 Å². The molecule has 3 nitrogen and oxygen atoms in total. The van der Waals surface area contributed by atoms with E-state index in [-0.39, 0.29) is 10.8 Å². The van der Waals surface area contributed by atoms with Gasteiger partial charge in [-0.2, -0.15) is 4.39 Å². The number of aromatic nitrogens is 1. The van der Waals surface area contributed by atoms with Gasteiger partial charge in [0.05, 0.1) is 6.20 Å². The number of nitrogens with zero attached hydrogens (tertiary/aromatic N) is 1. The molecule has 0 bridgehead atoms. The summed E-state index contributed by atoms with van der Waals surface area (Å²) in [7, 11) is 0. The van der Waals surface area contributed by atoms with E-state index in [1.54, 1.807) is 0 Å². The van der Waals surface area contributed by atoms with Crippen LogP contribution in [0, 0.1) is 10.5 Å². The first-order valence-corrected chi connectivity index (χ1v) is 2.97. The predicted octanol–water partition coefficient (Wildman–Crippen LogP) is 0.566. The van der Waals surface area contributed by atoms with Gasteiger partial charge in [-0.3, -0.25) is 5.41 Å². The van der Waals surface area contributed by atoms with Gasteiger partial charge >= 0.3 is 0 Å². The number of nitrogen functional groups attached to an aromatic ring is 1. The highest BCUT2D eigenvalue weighted by Gasteiger charge is 2.01. The van der Waals surface area contributed by atoms with Crippen LogP contribution in [-0.2, 0) is 0 Å². The summed E-state index contributed by atoms with van der Waals surface area (Å²) >= 11 is 0.769. The van der Waals surface area contributed by atoms with Crippen molar-refractivity contribution in [2.24, 2.45) is 5.73 Å². The van der Waals surface area contributed by atoms with Crippen molar-refractivity contribution < 1.29 is 4.39 Å². The first-order chi connectivity index (χ1) is 4.20. The third kappa shape index (κ3) is 1.23. The van der Waals surface area contributed by atoms with Crippen LogP contribution < -0.4 is 5.73 Å². The molecule has 1 rings (SSSR count). The van der Waals surface area contributed by atoms with Gasteiger partial charge in [-0.05, 0) is 0 Å². The highest BCUT2D eigenvalue weighted by atomic mass is 32.1. The monoisotopic (exact) mass is 145 g/mol. The second kappa shape index (κ2) is 2.10. The Bertz CT molecular complexity index is 231. The van der Waals surface area contributed by atoms with Crippen LogP contribution in [0.2, 0.25) is 0 Å². The molecule has 0 radical (unpaired) electrons. The van der Waals surface area contributed by atoms with Crippen LogP contribution in [0.15, 0.2) is 6.20 Å². The van der Waals surface area contributed by atoms with E-state index in [0.29, 0.717) is 0 Å². The lowest BCUT2D eigenvalue weighted by molar-refractivity contribution is 0.653. The van der Waals surface area contributed by atoms with Crippen molar-refractivity contribution in [2.75, 3.05) is 0 Å². The summed E-state index contributed by atoms with van der Waals surface area (Å²) in [5, 5.41) is 6.62. The fraction of sp³-hybridized carbons (Fsp3) is 0. The Balaban J connectivity index is 2.98. The Kier molecular flexibility index (Phi) is 1.44. The second-order valence-electron chi connectivity index (χ2n) is 1.38. The van der Waals surface area contributed by atoms with Gasteiger partial charge in [0.1, 0.15) is 0 Å². The van der Waals surface area contributed by atoms with Gasteiger partial charge in [0.2, 0.25) is 0 Å². The van der Waals surface area contributed by atoms with Gasteiger partial charge in [-0.1, -0.05) is 11.3 Å². The fourth-order valence-corrected chi connectivity index (χ4v) is 0.884. The lowest BCUT2D eigenvalue weighted by Crippen LogP contribution is -2.09. The quantitative estimate of drug-likeness (QED) is 0.448. The lowest BCUT2D eigenvalue weighted by Gasteiger charge is -1.83. The summed E-state index contributed by atoms with van der Waals surface area (Å²) in [4.78, 5) is 3.51. The Morgan fingerprint density at radius 3 is 2.78 bits per heavy atom. The molecular formula is C4H4FN3S. The normalized spacial score (nSPS) is 9.44. The van der Waals surface area contributed by atoms with Gasteiger partial charge in [0.25, 0.3) is 0 Å².